The average molecular weight is 1000 g/mol. The largest absolute Gasteiger partial charge is 1.00 e. The van der Waals surface area contributed by atoms with Gasteiger partial charge in [-0.1, -0.05) is 115 Å². The highest BCUT2D eigenvalue weighted by molar-refractivity contribution is 5.86. The third-order valence-corrected chi connectivity index (χ3v) is 12.0. The molecule has 0 radical (unpaired) electrons. The third-order valence-electron chi connectivity index (χ3n) is 12.0. The fourth-order valence-corrected chi connectivity index (χ4v) is 8.35. The number of anilines is 2. The zero-order valence-electron chi connectivity index (χ0n) is 42.9. The van der Waals surface area contributed by atoms with E-state index in [1.54, 1.807) is 13.8 Å². The smallest absolute Gasteiger partial charge is 0.259 e. The lowest BCUT2D eigenvalue weighted by Gasteiger charge is -2.29. The van der Waals surface area contributed by atoms with Crippen LogP contribution < -0.4 is 39.8 Å². The maximum absolute atomic E-state index is 11.0. The molecule has 0 bridgehead atoms. The van der Waals surface area contributed by atoms with E-state index >= 15 is 0 Å². The molecule has 4 aliphatic rings. The first-order valence-electron chi connectivity index (χ1n) is 24.3. The van der Waals surface area contributed by atoms with Gasteiger partial charge in [0.1, 0.15) is 17.5 Å². The van der Waals surface area contributed by atoms with E-state index < -0.39 is 0 Å². The van der Waals surface area contributed by atoms with E-state index in [-0.39, 0.29) is 12.4 Å². The Labute approximate surface area is 439 Å². The number of carbonyl (C=O) groups is 1. The van der Waals surface area contributed by atoms with Gasteiger partial charge in [-0.25, -0.2) is 9.69 Å². The van der Waals surface area contributed by atoms with E-state index in [0.29, 0.717) is 22.9 Å². The predicted octanol–water partition coefficient (Wildman–Crippen LogP) is 5.97. The summed E-state index contributed by atoms with van der Waals surface area (Å²) in [6, 6.07) is 41.8. The van der Waals surface area contributed by atoms with Gasteiger partial charge in [-0.05, 0) is 79.1 Å². The fourth-order valence-electron chi connectivity index (χ4n) is 8.35. The second kappa shape index (κ2) is 31.0. The van der Waals surface area contributed by atoms with Gasteiger partial charge in [0, 0.05) is 89.3 Å². The summed E-state index contributed by atoms with van der Waals surface area (Å²) in [4.78, 5) is 29.0. The second-order valence-electron chi connectivity index (χ2n) is 18.1. The van der Waals surface area contributed by atoms with Crippen LogP contribution in [0.1, 0.15) is 72.2 Å². The Balaban J connectivity index is 0.000000205. The number of hydrazine groups is 2. The number of nitrogens with one attached hydrogen (secondary N) is 2. The molecule has 9 rings (SSSR count). The number of piperidine rings is 1. The summed E-state index contributed by atoms with van der Waals surface area (Å²) in [7, 11) is 3.98. The Bertz CT molecular complexity index is 2770. The molecule has 4 aromatic carbocycles. The van der Waals surface area contributed by atoms with Gasteiger partial charge >= 0.3 is 0 Å². The zero-order valence-corrected chi connectivity index (χ0v) is 43.7. The molecule has 0 saturated carbocycles. The van der Waals surface area contributed by atoms with Crippen LogP contribution in [0.3, 0.4) is 0 Å². The van der Waals surface area contributed by atoms with Gasteiger partial charge in [-0.3, -0.25) is 34.5 Å². The first-order chi connectivity index (χ1) is 34.9. The highest BCUT2D eigenvalue weighted by atomic mass is 35.5. The van der Waals surface area contributed by atoms with Crippen LogP contribution >= 0.6 is 0 Å². The summed E-state index contributed by atoms with van der Waals surface area (Å²) in [5.74, 6) is 0.411. The number of aryl methyl sites for hydroxylation is 1. The van der Waals surface area contributed by atoms with Crippen molar-refractivity contribution in [2.75, 3.05) is 57.3 Å². The second-order valence-corrected chi connectivity index (χ2v) is 18.1. The van der Waals surface area contributed by atoms with Gasteiger partial charge in [-0.15, -0.1) is 5.01 Å². The normalized spacial score (nSPS) is 15.3. The van der Waals surface area contributed by atoms with E-state index in [1.807, 2.05) is 79.5 Å². The van der Waals surface area contributed by atoms with Crippen LogP contribution in [-0.2, 0) is 37.4 Å². The summed E-state index contributed by atoms with van der Waals surface area (Å²) in [6.45, 7) is 27.3. The molecule has 73 heavy (non-hydrogen) atoms. The van der Waals surface area contributed by atoms with Crippen molar-refractivity contribution < 1.29 is 21.8 Å². The van der Waals surface area contributed by atoms with Crippen LogP contribution in [0.2, 0.25) is 0 Å². The number of nitrogens with two attached hydrogens (primary N) is 2. The molecule has 6 N–H and O–H groups in total. The molecule has 5 aromatic rings. The number of aromatic nitrogens is 1. The highest BCUT2D eigenvalue weighted by Crippen LogP contribution is 2.27. The van der Waals surface area contributed by atoms with Gasteiger partial charge in [0.2, 0.25) is 5.70 Å². The average Bonchev–Trinajstić information content (AvgIpc) is 3.79. The van der Waals surface area contributed by atoms with Gasteiger partial charge in [0.25, 0.3) is 6.34 Å². The highest BCUT2D eigenvalue weighted by Gasteiger charge is 2.23. The lowest BCUT2D eigenvalue weighted by molar-refractivity contribution is -0.460. The first-order valence-corrected chi connectivity index (χ1v) is 24.3. The quantitative estimate of drug-likeness (QED) is 0.0630. The minimum absolute atomic E-state index is 0. The van der Waals surface area contributed by atoms with Crippen LogP contribution in [0.5, 0.6) is 0 Å². The number of ketones is 1. The number of carbonyl (C=O) groups excluding carboxylic acids is 1. The Kier molecular flexibility index (Phi) is 24.6. The number of benzene rings is 4. The van der Waals surface area contributed by atoms with Gasteiger partial charge in [0.05, 0.1) is 38.5 Å². The van der Waals surface area contributed by atoms with Crippen molar-refractivity contribution in [2.45, 2.75) is 72.6 Å². The van der Waals surface area contributed by atoms with Crippen LogP contribution in [0.4, 0.5) is 11.4 Å². The maximum atomic E-state index is 11.0. The Morgan fingerprint density at radius 2 is 1.32 bits per heavy atom. The third kappa shape index (κ3) is 19.5. The maximum Gasteiger partial charge on any atom is 0.259 e. The molecular formula is C58H70ClN13O. The van der Waals surface area contributed by atoms with Crippen molar-refractivity contribution in [3.63, 3.8) is 0 Å². The van der Waals surface area contributed by atoms with Crippen LogP contribution in [0.15, 0.2) is 156 Å². The molecule has 0 unspecified atom stereocenters. The Morgan fingerprint density at radius 3 is 1.81 bits per heavy atom. The number of nitriles is 1. The molecule has 380 valence electrons. The monoisotopic (exact) mass is 1000 g/mol. The molecule has 0 amide bonds. The van der Waals surface area contributed by atoms with Gasteiger partial charge in [0.15, 0.2) is 11.9 Å². The number of hydrogen-bond donors (Lipinski definition) is 4. The number of para-hydroxylation sites is 2. The molecule has 0 atom stereocenters. The molecule has 0 aliphatic carbocycles. The zero-order chi connectivity index (χ0) is 51.7. The molecule has 15 heteroatoms. The van der Waals surface area contributed by atoms with Gasteiger partial charge < -0.3 is 23.9 Å². The minimum Gasteiger partial charge on any atom is -1.00 e. The minimum atomic E-state index is 0. The van der Waals surface area contributed by atoms with Crippen LogP contribution in [0, 0.1) is 31.4 Å². The number of pyridine rings is 1. The van der Waals surface area contributed by atoms with Crippen molar-refractivity contribution in [2.24, 2.45) is 11.5 Å². The molecule has 14 nitrogen and oxygen atoms in total. The molecule has 0 spiro atoms. The fraction of sp³-hybridized carbons (Fsp3) is 0.310. The van der Waals surface area contributed by atoms with E-state index in [0.717, 1.165) is 113 Å². The van der Waals surface area contributed by atoms with Crippen molar-refractivity contribution in [1.82, 2.24) is 25.2 Å². The molecule has 1 fully saturated rings. The number of allylic oxidation sites excluding steroid dienone is 3. The number of nitrogens with zero attached hydrogens (tertiary/aromatic N) is 9. The summed E-state index contributed by atoms with van der Waals surface area (Å²) in [6.07, 6.45) is 10.6. The molecule has 1 aromatic heterocycles. The standard InChI is InChI=1S/C17H17N3.C16H19N3.C12H15NO.C9H13N4.C4H6N2.ClH/c1-13-17(9-18)16-7-8-20(12-15(16)10-19-13)11-14-5-3-2-4-6-14;1-13(17)16(18-2)15-8-10-19(11-9-15)12-14-6-4-3-5-7-14;14-12-6-8-13(9-7-12)10-11-4-2-1-3-5-11;1-12(2)7-13-9-6-4-3-5-8(9)10-11-13;1-4(5)3-6-2;/h2-6,10H,7-8,11-12H2,1H3;3-8H,9-12,17H2,1H3;1-5H,6-10H2;3-7,10-11H,1-2H3;3H,5H2,1H3;1H/q;;;+1;;/p-1/b;16-13+;;;;. The first kappa shape index (κ1) is 58.0. The lowest BCUT2D eigenvalue weighted by atomic mass is 9.95. The molecule has 5 heterocycles. The van der Waals surface area contributed by atoms with Crippen LogP contribution in [-0.4, -0.2) is 83.2 Å². The van der Waals surface area contributed by atoms with Gasteiger partial charge in [-0.2, -0.15) is 5.26 Å². The number of fused-ring (bicyclic) bond motifs is 2. The number of halogens is 1. The topological polar surface area (TPSA) is 155 Å². The van der Waals surface area contributed by atoms with E-state index in [9.17, 15) is 10.1 Å². The summed E-state index contributed by atoms with van der Waals surface area (Å²) in [5, 5.41) is 11.2. The molecular weight excluding hydrogens is 930 g/mol. The number of rotatable bonds is 8. The Hall–Kier alpha value is -7.61. The van der Waals surface area contributed by atoms with E-state index in [4.69, 9.17) is 24.6 Å². The number of Topliss-reactive ketones (excluding diaryl/α,β-unsaturated/α-hetero) is 1. The van der Waals surface area contributed by atoms with Crippen molar-refractivity contribution in [3.8, 4) is 6.07 Å². The molecule has 4 aliphatic heterocycles. The summed E-state index contributed by atoms with van der Waals surface area (Å²) < 4.78 is 1.98. The lowest BCUT2D eigenvalue weighted by Crippen LogP contribution is -3.00. The van der Waals surface area contributed by atoms with E-state index in [2.05, 4.69) is 131 Å². The summed E-state index contributed by atoms with van der Waals surface area (Å²) >= 11 is 0. The predicted molar refractivity (Wildman–Crippen MR) is 290 cm³/mol. The SMILES string of the molecule is C[N+](C)=CN1NNc2ccccc21.Cc1ncc2c(c1C#N)CCN(Cc1ccccc1)C2.O=C1CCN(Cc2ccccc2)CC1.[C-]#[N+]/C(C1=CCN(Cc2ccccc2)CC1)=C(\C)N.[C-]#[N+]C=C(C)N.[Cl-]. The van der Waals surface area contributed by atoms with Crippen molar-refractivity contribution >= 4 is 23.5 Å². The summed E-state index contributed by atoms with van der Waals surface area (Å²) in [5.41, 5.74) is 30.1. The van der Waals surface area contributed by atoms with Crippen LogP contribution in [0.25, 0.3) is 9.69 Å². The molecule has 1 saturated heterocycles. The number of hydrogen-bond acceptors (Lipinski definition) is 10. The number of likely N-dealkylation sites (tertiary alicyclic amines) is 1. The Morgan fingerprint density at radius 1 is 0.781 bits per heavy atom. The van der Waals surface area contributed by atoms with Crippen molar-refractivity contribution in [1.29, 1.82) is 5.26 Å². The van der Waals surface area contributed by atoms with E-state index in [1.165, 1.54) is 34.0 Å². The van der Waals surface area contributed by atoms with Crippen molar-refractivity contribution in [3.05, 3.63) is 218 Å².